The summed E-state index contributed by atoms with van der Waals surface area (Å²) in [5.41, 5.74) is 18.2. The van der Waals surface area contributed by atoms with Gasteiger partial charge in [-0.2, -0.15) is 0 Å². The molecule has 12 aromatic rings. The monoisotopic (exact) mass is 1050 g/mol. The summed E-state index contributed by atoms with van der Waals surface area (Å²) < 4.78 is 2.30. The van der Waals surface area contributed by atoms with Crippen molar-refractivity contribution >= 4 is 44.6 Å². The Morgan fingerprint density at radius 3 is 1.54 bits per heavy atom. The molecular weight excluding hydrogens is 987 g/mol. The molecule has 13 rings (SSSR count). The summed E-state index contributed by atoms with van der Waals surface area (Å²) in [5, 5.41) is 2.28. The summed E-state index contributed by atoms with van der Waals surface area (Å²) in [5.74, 6) is 2.70. The van der Waals surface area contributed by atoms with Gasteiger partial charge in [0.1, 0.15) is 12.5 Å². The standard InChI is InChI=1S/C74H65N7/c1-72(2,3)60-36-24-37-61(73(4,5)6)67(60)71-77-69(76-70(78-71)52-41-42-59-58-33-18-19-38-62(58)81(65(59)46-52)66-47-54(43-44-75-66)74(7,8)53-30-16-11-17-31-53)51-29-22-32-55(45-51)79-48-80(64-40-21-20-39-63(64)79)68-56(49-25-12-9-13-26-49)34-23-35-57(68)50-27-14-10-15-28-50/h9-47H,48H2,1-8H3. The van der Waals surface area contributed by atoms with E-state index in [1.165, 1.54) is 44.5 Å². The third-order valence-corrected chi connectivity index (χ3v) is 16.3. The molecule has 0 atom stereocenters. The van der Waals surface area contributed by atoms with Gasteiger partial charge in [-0.05, 0) is 92.7 Å². The number of nitrogens with zero attached hydrogens (tertiary/aromatic N) is 7. The van der Waals surface area contributed by atoms with Crippen LogP contribution in [-0.2, 0) is 16.2 Å². The van der Waals surface area contributed by atoms with Crippen LogP contribution in [-0.4, -0.2) is 31.2 Å². The van der Waals surface area contributed by atoms with Crippen LogP contribution in [0, 0.1) is 0 Å². The first-order chi connectivity index (χ1) is 39.2. The van der Waals surface area contributed by atoms with E-state index >= 15 is 0 Å². The molecule has 3 aromatic heterocycles. The summed E-state index contributed by atoms with van der Waals surface area (Å²) in [6.45, 7) is 18.8. The van der Waals surface area contributed by atoms with E-state index in [1.807, 2.05) is 6.20 Å². The molecule has 7 nitrogen and oxygen atoms in total. The molecule has 0 N–H and O–H groups in total. The molecule has 1 aliphatic rings. The van der Waals surface area contributed by atoms with Crippen molar-refractivity contribution in [3.05, 3.63) is 259 Å². The molecule has 7 heteroatoms. The van der Waals surface area contributed by atoms with Crippen LogP contribution in [0.5, 0.6) is 0 Å². The number of hydrogen-bond acceptors (Lipinski definition) is 6. The molecule has 396 valence electrons. The van der Waals surface area contributed by atoms with Crippen molar-refractivity contribution in [1.29, 1.82) is 0 Å². The molecule has 0 spiro atoms. The molecule has 1 aliphatic heterocycles. The Hall–Kier alpha value is -9.46. The van der Waals surface area contributed by atoms with Crippen LogP contribution in [0.15, 0.2) is 237 Å². The lowest BCUT2D eigenvalue weighted by Crippen LogP contribution is -2.25. The van der Waals surface area contributed by atoms with Crippen molar-refractivity contribution in [2.45, 2.75) is 71.6 Å². The van der Waals surface area contributed by atoms with Crippen LogP contribution < -0.4 is 9.80 Å². The van der Waals surface area contributed by atoms with E-state index in [2.05, 4.69) is 300 Å². The average molecular weight is 1050 g/mol. The van der Waals surface area contributed by atoms with Crippen molar-refractivity contribution in [3.63, 3.8) is 0 Å². The first-order valence-electron chi connectivity index (χ1n) is 28.2. The van der Waals surface area contributed by atoms with Crippen molar-refractivity contribution in [2.75, 3.05) is 16.5 Å². The van der Waals surface area contributed by atoms with Gasteiger partial charge in [-0.15, -0.1) is 0 Å². The van der Waals surface area contributed by atoms with Crippen LogP contribution in [0.25, 0.3) is 84.0 Å². The van der Waals surface area contributed by atoms with Gasteiger partial charge in [0.2, 0.25) is 0 Å². The van der Waals surface area contributed by atoms with Gasteiger partial charge in [0.15, 0.2) is 17.5 Å². The van der Waals surface area contributed by atoms with Gasteiger partial charge < -0.3 is 9.80 Å². The van der Waals surface area contributed by atoms with Gasteiger partial charge in [0.05, 0.1) is 28.1 Å². The van der Waals surface area contributed by atoms with E-state index in [-0.39, 0.29) is 16.2 Å². The molecular formula is C74H65N7. The van der Waals surface area contributed by atoms with Gasteiger partial charge in [0, 0.05) is 55.9 Å². The Kier molecular flexibility index (Phi) is 12.6. The van der Waals surface area contributed by atoms with E-state index in [1.54, 1.807) is 0 Å². The predicted octanol–water partition coefficient (Wildman–Crippen LogP) is 18.9. The molecule has 0 radical (unpaired) electrons. The minimum Gasteiger partial charge on any atom is -0.321 e. The highest BCUT2D eigenvalue weighted by atomic mass is 15.4. The number of para-hydroxylation sites is 4. The van der Waals surface area contributed by atoms with Crippen molar-refractivity contribution < 1.29 is 0 Å². The lowest BCUT2D eigenvalue weighted by molar-refractivity contribution is 0.570. The van der Waals surface area contributed by atoms with E-state index in [4.69, 9.17) is 19.9 Å². The number of benzene rings is 9. The van der Waals surface area contributed by atoms with Crippen molar-refractivity contribution in [2.24, 2.45) is 0 Å². The fourth-order valence-electron chi connectivity index (χ4n) is 12.1. The smallest absolute Gasteiger partial charge is 0.164 e. The Bertz CT molecular complexity index is 4230. The van der Waals surface area contributed by atoms with Gasteiger partial charge in [-0.3, -0.25) is 4.57 Å². The van der Waals surface area contributed by atoms with Crippen molar-refractivity contribution in [3.8, 4) is 62.2 Å². The molecule has 4 heterocycles. The third kappa shape index (κ3) is 9.22. The molecule has 0 fully saturated rings. The first-order valence-corrected chi connectivity index (χ1v) is 28.2. The molecule has 0 amide bonds. The topological polar surface area (TPSA) is 63.0 Å². The first kappa shape index (κ1) is 51.0. The van der Waals surface area contributed by atoms with E-state index < -0.39 is 0 Å². The van der Waals surface area contributed by atoms with E-state index in [9.17, 15) is 0 Å². The van der Waals surface area contributed by atoms with E-state index in [0.717, 1.165) is 67.1 Å². The lowest BCUT2D eigenvalue weighted by atomic mass is 9.76. The second-order valence-electron chi connectivity index (χ2n) is 24.0. The van der Waals surface area contributed by atoms with Crippen LogP contribution in [0.2, 0.25) is 0 Å². The van der Waals surface area contributed by atoms with Crippen LogP contribution in [0.1, 0.15) is 77.6 Å². The summed E-state index contributed by atoms with van der Waals surface area (Å²) in [7, 11) is 0. The number of rotatable bonds is 10. The van der Waals surface area contributed by atoms with Crippen LogP contribution in [0.4, 0.5) is 22.7 Å². The average Bonchev–Trinajstić information content (AvgIpc) is 4.20. The van der Waals surface area contributed by atoms with Crippen LogP contribution >= 0.6 is 0 Å². The fourth-order valence-corrected chi connectivity index (χ4v) is 12.1. The normalized spacial score (nSPS) is 12.8. The SMILES string of the molecule is CC(C)(C)c1cccc(C(C)(C)C)c1-c1nc(-c2cccc(N3CN(c4c(-c5ccccc5)cccc4-c4ccccc4)c4ccccc43)c2)nc(-c2ccc3c4ccccc4n(-c4cc(C(C)(C)c5ccccc5)ccn4)c3c2)n1. The number of hydrogen-bond donors (Lipinski definition) is 0. The maximum Gasteiger partial charge on any atom is 0.164 e. The molecule has 0 bridgehead atoms. The Morgan fingerprint density at radius 1 is 0.383 bits per heavy atom. The Balaban J connectivity index is 0.983. The second-order valence-corrected chi connectivity index (χ2v) is 24.0. The lowest BCUT2D eigenvalue weighted by Gasteiger charge is -2.29. The largest absolute Gasteiger partial charge is 0.321 e. The van der Waals surface area contributed by atoms with Gasteiger partial charge in [0.25, 0.3) is 0 Å². The maximum absolute atomic E-state index is 5.57. The third-order valence-electron chi connectivity index (χ3n) is 16.3. The fraction of sp³-hybridized carbons (Fsp3) is 0.162. The van der Waals surface area contributed by atoms with Gasteiger partial charge in [-0.1, -0.05) is 237 Å². The number of pyridine rings is 1. The quantitative estimate of drug-likeness (QED) is 0.136. The Morgan fingerprint density at radius 2 is 0.901 bits per heavy atom. The molecule has 81 heavy (non-hydrogen) atoms. The highest BCUT2D eigenvalue weighted by Gasteiger charge is 2.33. The molecule has 9 aromatic carbocycles. The highest BCUT2D eigenvalue weighted by Crippen LogP contribution is 2.51. The minimum absolute atomic E-state index is 0.214. The molecule has 0 saturated carbocycles. The molecule has 0 saturated heterocycles. The van der Waals surface area contributed by atoms with Crippen molar-refractivity contribution in [1.82, 2.24) is 24.5 Å². The van der Waals surface area contributed by atoms with Crippen LogP contribution in [0.3, 0.4) is 0 Å². The minimum atomic E-state index is -0.260. The molecule has 0 aliphatic carbocycles. The van der Waals surface area contributed by atoms with E-state index in [0.29, 0.717) is 24.1 Å². The number of fused-ring (bicyclic) bond motifs is 4. The maximum atomic E-state index is 5.57. The molecule has 0 unspecified atom stereocenters. The van der Waals surface area contributed by atoms with Gasteiger partial charge in [-0.25, -0.2) is 19.9 Å². The summed E-state index contributed by atoms with van der Waals surface area (Å²) >= 11 is 0. The zero-order valence-electron chi connectivity index (χ0n) is 47.4. The number of anilines is 4. The second kappa shape index (κ2) is 20.0. The summed E-state index contributed by atoms with van der Waals surface area (Å²) in [6, 6.07) is 82.7. The highest BCUT2D eigenvalue weighted by molar-refractivity contribution is 6.10. The number of aromatic nitrogens is 5. The zero-order valence-corrected chi connectivity index (χ0v) is 47.4. The van der Waals surface area contributed by atoms with Gasteiger partial charge >= 0.3 is 0 Å². The predicted molar refractivity (Wildman–Crippen MR) is 337 cm³/mol. The zero-order chi connectivity index (χ0) is 55.6. The summed E-state index contributed by atoms with van der Waals surface area (Å²) in [6.07, 6.45) is 1.95. The Labute approximate surface area is 475 Å². The summed E-state index contributed by atoms with van der Waals surface area (Å²) in [4.78, 5) is 26.6.